The summed E-state index contributed by atoms with van der Waals surface area (Å²) in [6.45, 7) is 2.27. The molecule has 2 amide bonds. The van der Waals surface area contributed by atoms with Crippen LogP contribution in [0.2, 0.25) is 0 Å². The fourth-order valence-corrected chi connectivity index (χ4v) is 2.63. The molecule has 0 saturated heterocycles. The number of amides is 2. The van der Waals surface area contributed by atoms with Crippen molar-refractivity contribution in [2.45, 2.75) is 20.1 Å². The first-order valence-corrected chi connectivity index (χ1v) is 9.10. The van der Waals surface area contributed by atoms with Crippen LogP contribution < -0.4 is 16.4 Å². The minimum atomic E-state index is -0.619. The zero-order chi connectivity index (χ0) is 20.6. The molecular weight excluding hydrogens is 368 g/mol. The van der Waals surface area contributed by atoms with Crippen molar-refractivity contribution in [1.82, 2.24) is 4.98 Å². The molecule has 0 aliphatic rings. The van der Waals surface area contributed by atoms with Gasteiger partial charge in [-0.15, -0.1) is 0 Å². The molecule has 7 heteroatoms. The zero-order valence-electron chi connectivity index (χ0n) is 16.0. The van der Waals surface area contributed by atoms with Crippen LogP contribution in [0.4, 0.5) is 16.2 Å². The van der Waals surface area contributed by atoms with E-state index in [9.17, 15) is 9.59 Å². The SMILES string of the molecule is Cc1ncc(C(=O)Nc2cccc(CN)c2)cc1NC(=O)OCc1ccccc1. The summed E-state index contributed by atoms with van der Waals surface area (Å²) in [5, 5.41) is 5.44. The molecule has 1 aromatic heterocycles. The maximum Gasteiger partial charge on any atom is 0.412 e. The van der Waals surface area contributed by atoms with Gasteiger partial charge in [0.15, 0.2) is 0 Å². The Labute approximate surface area is 168 Å². The molecule has 4 N–H and O–H groups in total. The number of anilines is 2. The standard InChI is InChI=1S/C22H22N4O3/c1-15-20(26-22(28)29-14-16-6-3-2-4-7-16)11-18(13-24-15)21(27)25-19-9-5-8-17(10-19)12-23/h2-11,13H,12,14,23H2,1H3,(H,25,27)(H,26,28). The number of hydrogen-bond acceptors (Lipinski definition) is 5. The highest BCUT2D eigenvalue weighted by Gasteiger charge is 2.12. The van der Waals surface area contributed by atoms with Crippen LogP contribution in [0.25, 0.3) is 0 Å². The van der Waals surface area contributed by atoms with E-state index >= 15 is 0 Å². The summed E-state index contributed by atoms with van der Waals surface area (Å²) < 4.78 is 5.22. The van der Waals surface area contributed by atoms with Gasteiger partial charge in [-0.05, 0) is 36.2 Å². The highest BCUT2D eigenvalue weighted by atomic mass is 16.5. The summed E-state index contributed by atoms with van der Waals surface area (Å²) in [7, 11) is 0. The molecule has 3 rings (SSSR count). The predicted molar refractivity (Wildman–Crippen MR) is 112 cm³/mol. The van der Waals surface area contributed by atoms with E-state index < -0.39 is 6.09 Å². The van der Waals surface area contributed by atoms with Crippen LogP contribution in [0.1, 0.15) is 27.2 Å². The largest absolute Gasteiger partial charge is 0.444 e. The fraction of sp³-hybridized carbons (Fsp3) is 0.136. The molecule has 0 unspecified atom stereocenters. The number of aromatic nitrogens is 1. The molecule has 29 heavy (non-hydrogen) atoms. The maximum atomic E-state index is 12.5. The summed E-state index contributed by atoms with van der Waals surface area (Å²) in [5.41, 5.74) is 9.35. The van der Waals surface area contributed by atoms with Crippen LogP contribution in [0.3, 0.4) is 0 Å². The molecule has 0 radical (unpaired) electrons. The van der Waals surface area contributed by atoms with E-state index in [2.05, 4.69) is 15.6 Å². The molecule has 1 heterocycles. The third-order valence-corrected chi connectivity index (χ3v) is 4.22. The molecule has 0 atom stereocenters. The average molecular weight is 390 g/mol. The van der Waals surface area contributed by atoms with Crippen molar-refractivity contribution >= 4 is 23.4 Å². The summed E-state index contributed by atoms with van der Waals surface area (Å²) in [5.74, 6) is -0.340. The molecule has 0 spiro atoms. The van der Waals surface area contributed by atoms with Gasteiger partial charge >= 0.3 is 6.09 Å². The van der Waals surface area contributed by atoms with Crippen LogP contribution in [0, 0.1) is 6.92 Å². The zero-order valence-corrected chi connectivity index (χ0v) is 16.0. The fourth-order valence-electron chi connectivity index (χ4n) is 2.63. The summed E-state index contributed by atoms with van der Waals surface area (Å²) in [4.78, 5) is 28.9. The Balaban J connectivity index is 1.65. The number of carbonyl (C=O) groups excluding carboxylic acids is 2. The first-order chi connectivity index (χ1) is 14.0. The van der Waals surface area contributed by atoms with E-state index in [0.717, 1.165) is 11.1 Å². The summed E-state index contributed by atoms with van der Waals surface area (Å²) in [6.07, 6.45) is 0.838. The van der Waals surface area contributed by atoms with Crippen molar-refractivity contribution in [3.05, 3.63) is 89.2 Å². The third kappa shape index (κ3) is 5.63. The van der Waals surface area contributed by atoms with Crippen LogP contribution >= 0.6 is 0 Å². The quantitative estimate of drug-likeness (QED) is 0.593. The van der Waals surface area contributed by atoms with E-state index in [1.54, 1.807) is 25.1 Å². The van der Waals surface area contributed by atoms with E-state index in [1.807, 2.05) is 42.5 Å². The van der Waals surface area contributed by atoms with Gasteiger partial charge in [-0.2, -0.15) is 0 Å². The van der Waals surface area contributed by atoms with Gasteiger partial charge in [0.05, 0.1) is 16.9 Å². The van der Waals surface area contributed by atoms with Gasteiger partial charge in [-0.25, -0.2) is 4.79 Å². The number of nitrogens with one attached hydrogen (secondary N) is 2. The van der Waals surface area contributed by atoms with E-state index in [4.69, 9.17) is 10.5 Å². The monoisotopic (exact) mass is 390 g/mol. The first kappa shape index (κ1) is 20.0. The molecule has 0 aliphatic carbocycles. The van der Waals surface area contributed by atoms with Gasteiger partial charge in [0, 0.05) is 18.4 Å². The van der Waals surface area contributed by atoms with Crippen LogP contribution in [0.15, 0.2) is 66.9 Å². The van der Waals surface area contributed by atoms with Gasteiger partial charge < -0.3 is 15.8 Å². The average Bonchev–Trinajstić information content (AvgIpc) is 2.74. The smallest absolute Gasteiger partial charge is 0.412 e. The Morgan fingerprint density at radius 3 is 2.52 bits per heavy atom. The molecule has 7 nitrogen and oxygen atoms in total. The number of pyridine rings is 1. The first-order valence-electron chi connectivity index (χ1n) is 9.10. The second-order valence-electron chi connectivity index (χ2n) is 6.40. The molecule has 0 aliphatic heterocycles. The number of nitrogens with zero attached hydrogens (tertiary/aromatic N) is 1. The van der Waals surface area contributed by atoms with Crippen molar-refractivity contribution in [1.29, 1.82) is 0 Å². The molecule has 3 aromatic rings. The second-order valence-corrected chi connectivity index (χ2v) is 6.40. The Morgan fingerprint density at radius 2 is 1.76 bits per heavy atom. The van der Waals surface area contributed by atoms with Crippen molar-refractivity contribution in [3.8, 4) is 0 Å². The highest BCUT2D eigenvalue weighted by Crippen LogP contribution is 2.17. The summed E-state index contributed by atoms with van der Waals surface area (Å²) in [6, 6.07) is 18.2. The molecule has 148 valence electrons. The van der Waals surface area contributed by atoms with Crippen molar-refractivity contribution in [2.75, 3.05) is 10.6 Å². The van der Waals surface area contributed by atoms with Crippen LogP contribution in [-0.2, 0) is 17.9 Å². The highest BCUT2D eigenvalue weighted by molar-refractivity contribution is 6.05. The Bertz CT molecular complexity index is 1010. The van der Waals surface area contributed by atoms with Gasteiger partial charge in [-0.1, -0.05) is 42.5 Å². The number of rotatable bonds is 6. The maximum absolute atomic E-state index is 12.5. The predicted octanol–water partition coefficient (Wildman–Crippen LogP) is 3.85. The molecule has 2 aromatic carbocycles. The second kappa shape index (κ2) is 9.48. The molecule has 0 bridgehead atoms. The Morgan fingerprint density at radius 1 is 1.00 bits per heavy atom. The lowest BCUT2D eigenvalue weighted by Gasteiger charge is -2.11. The van der Waals surface area contributed by atoms with E-state index in [0.29, 0.717) is 29.2 Å². The molecular formula is C22H22N4O3. The number of nitrogens with two attached hydrogens (primary N) is 1. The lowest BCUT2D eigenvalue weighted by molar-refractivity contribution is 0.102. The minimum Gasteiger partial charge on any atom is -0.444 e. The van der Waals surface area contributed by atoms with Crippen molar-refractivity contribution in [3.63, 3.8) is 0 Å². The normalized spacial score (nSPS) is 10.3. The number of aryl methyl sites for hydroxylation is 1. The third-order valence-electron chi connectivity index (χ3n) is 4.22. The van der Waals surface area contributed by atoms with Crippen LogP contribution in [0.5, 0.6) is 0 Å². The van der Waals surface area contributed by atoms with E-state index in [1.165, 1.54) is 6.20 Å². The number of hydrogen-bond donors (Lipinski definition) is 3. The molecule has 0 fully saturated rings. The number of benzene rings is 2. The lowest BCUT2D eigenvalue weighted by Crippen LogP contribution is -2.17. The topological polar surface area (TPSA) is 106 Å². The number of ether oxygens (including phenoxy) is 1. The van der Waals surface area contributed by atoms with Crippen molar-refractivity contribution < 1.29 is 14.3 Å². The number of carbonyl (C=O) groups is 2. The van der Waals surface area contributed by atoms with Gasteiger partial charge in [0.2, 0.25) is 0 Å². The van der Waals surface area contributed by atoms with Crippen LogP contribution in [-0.4, -0.2) is 17.0 Å². The van der Waals surface area contributed by atoms with Gasteiger partial charge in [0.25, 0.3) is 5.91 Å². The Kier molecular flexibility index (Phi) is 6.55. The van der Waals surface area contributed by atoms with Crippen molar-refractivity contribution in [2.24, 2.45) is 5.73 Å². The summed E-state index contributed by atoms with van der Waals surface area (Å²) >= 11 is 0. The van der Waals surface area contributed by atoms with Gasteiger partial charge in [0.1, 0.15) is 6.61 Å². The Hall–Kier alpha value is -3.71. The lowest BCUT2D eigenvalue weighted by atomic mass is 10.2. The van der Waals surface area contributed by atoms with E-state index in [-0.39, 0.29) is 12.5 Å². The van der Waals surface area contributed by atoms with Gasteiger partial charge in [-0.3, -0.25) is 15.1 Å². The minimum absolute atomic E-state index is 0.150. The molecule has 0 saturated carbocycles.